The number of pyridine rings is 1. The van der Waals surface area contributed by atoms with E-state index in [2.05, 4.69) is 45.8 Å². The van der Waals surface area contributed by atoms with E-state index < -0.39 is 0 Å². The van der Waals surface area contributed by atoms with Crippen molar-refractivity contribution >= 4 is 28.4 Å². The Labute approximate surface area is 187 Å². The highest BCUT2D eigenvalue weighted by Crippen LogP contribution is 2.38. The van der Waals surface area contributed by atoms with E-state index in [9.17, 15) is 0 Å². The molecule has 0 aliphatic rings. The van der Waals surface area contributed by atoms with Gasteiger partial charge in [-0.1, -0.05) is 20.8 Å². The van der Waals surface area contributed by atoms with Crippen LogP contribution in [0, 0.1) is 12.3 Å². The van der Waals surface area contributed by atoms with Gasteiger partial charge in [0.2, 0.25) is 5.95 Å². The number of methoxy groups -OCH3 is 1. The largest absolute Gasteiger partial charge is 0.495 e. The van der Waals surface area contributed by atoms with Gasteiger partial charge in [-0.25, -0.2) is 15.0 Å². The van der Waals surface area contributed by atoms with Crippen molar-refractivity contribution in [1.29, 1.82) is 0 Å². The van der Waals surface area contributed by atoms with Crippen molar-refractivity contribution in [3.8, 4) is 17.1 Å². The number of hydrogen-bond acceptors (Lipinski definition) is 8. The first-order valence-electron chi connectivity index (χ1n) is 10.4. The number of hydrogen-bond donors (Lipinski definition) is 1. The molecule has 9 nitrogen and oxygen atoms in total. The molecular weight excluding hydrogens is 404 g/mol. The summed E-state index contributed by atoms with van der Waals surface area (Å²) in [6.45, 7) is 9.14. The number of aryl methyl sites for hydroxylation is 2. The zero-order valence-corrected chi connectivity index (χ0v) is 19.3. The fraction of sp³-hybridized carbons (Fsp3) is 0.348. The molecule has 9 heteroatoms. The topological polar surface area (TPSA) is 108 Å². The molecule has 3 aromatic heterocycles. The average molecular weight is 433 g/mol. The van der Waals surface area contributed by atoms with Crippen LogP contribution in [0.4, 0.5) is 17.5 Å². The van der Waals surface area contributed by atoms with Gasteiger partial charge >= 0.3 is 0 Å². The summed E-state index contributed by atoms with van der Waals surface area (Å²) in [5, 5.41) is 9.07. The summed E-state index contributed by atoms with van der Waals surface area (Å²) in [5.41, 5.74) is 9.49. The molecule has 0 unspecified atom stereocenters. The number of aromatic nitrogens is 6. The predicted octanol–water partition coefficient (Wildman–Crippen LogP) is 3.90. The van der Waals surface area contributed by atoms with Crippen molar-refractivity contribution in [3.63, 3.8) is 0 Å². The van der Waals surface area contributed by atoms with Crippen LogP contribution in [-0.4, -0.2) is 43.4 Å². The van der Waals surface area contributed by atoms with Crippen molar-refractivity contribution in [3.05, 3.63) is 42.5 Å². The fourth-order valence-electron chi connectivity index (χ4n) is 3.61. The molecular formula is C23H28N8O. The Balaban J connectivity index is 1.87. The van der Waals surface area contributed by atoms with E-state index in [1.807, 2.05) is 36.7 Å². The van der Waals surface area contributed by atoms with Crippen molar-refractivity contribution in [2.24, 2.45) is 12.5 Å². The van der Waals surface area contributed by atoms with Gasteiger partial charge in [0.15, 0.2) is 5.82 Å². The Morgan fingerprint density at radius 3 is 2.59 bits per heavy atom. The number of benzene rings is 1. The maximum absolute atomic E-state index is 6.14. The first-order chi connectivity index (χ1) is 15.2. The molecule has 0 aliphatic carbocycles. The normalized spacial score (nSPS) is 11.7. The van der Waals surface area contributed by atoms with Gasteiger partial charge in [-0.15, -0.1) is 10.2 Å². The van der Waals surface area contributed by atoms with E-state index in [-0.39, 0.29) is 5.41 Å². The maximum atomic E-state index is 6.14. The highest BCUT2D eigenvalue weighted by atomic mass is 16.5. The van der Waals surface area contributed by atoms with Crippen LogP contribution in [0.5, 0.6) is 5.75 Å². The lowest BCUT2D eigenvalue weighted by Gasteiger charge is -2.31. The van der Waals surface area contributed by atoms with Gasteiger partial charge < -0.3 is 19.9 Å². The molecule has 0 saturated heterocycles. The second-order valence-electron chi connectivity index (χ2n) is 9.06. The molecule has 0 bridgehead atoms. The third-order valence-electron chi connectivity index (χ3n) is 5.15. The molecule has 1 aromatic carbocycles. The first kappa shape index (κ1) is 21.5. The lowest BCUT2D eigenvalue weighted by molar-refractivity contribution is 0.404. The van der Waals surface area contributed by atoms with Crippen molar-refractivity contribution in [2.45, 2.75) is 27.7 Å². The quantitative estimate of drug-likeness (QED) is 0.506. The summed E-state index contributed by atoms with van der Waals surface area (Å²) >= 11 is 0. The average Bonchev–Trinajstić information content (AvgIpc) is 3.19. The van der Waals surface area contributed by atoms with Crippen LogP contribution in [-0.2, 0) is 7.05 Å². The first-order valence-corrected chi connectivity index (χ1v) is 10.4. The predicted molar refractivity (Wildman–Crippen MR) is 126 cm³/mol. The second kappa shape index (κ2) is 8.07. The van der Waals surface area contributed by atoms with Gasteiger partial charge in [-0.3, -0.25) is 0 Å². The number of nitrogen functional groups attached to an aromatic ring is 1. The molecule has 0 radical (unpaired) electrons. The van der Waals surface area contributed by atoms with Gasteiger partial charge in [-0.2, -0.15) is 0 Å². The lowest BCUT2D eigenvalue weighted by Crippen LogP contribution is -2.30. The molecule has 0 amide bonds. The molecule has 32 heavy (non-hydrogen) atoms. The number of nitrogens with two attached hydrogens (primary N) is 1. The minimum absolute atomic E-state index is 0.0397. The molecule has 0 aliphatic heterocycles. The SMILES string of the molecule is COc1cc(-c2nncn2C)ccc1N(CC(C)(C)C)c1ncc2c(C)cnc(N)c2n1. The van der Waals surface area contributed by atoms with Crippen molar-refractivity contribution in [2.75, 3.05) is 24.3 Å². The zero-order chi connectivity index (χ0) is 23.0. The van der Waals surface area contributed by atoms with Crippen molar-refractivity contribution < 1.29 is 4.74 Å². The highest BCUT2D eigenvalue weighted by molar-refractivity contribution is 5.90. The summed E-state index contributed by atoms with van der Waals surface area (Å²) in [6, 6.07) is 5.95. The van der Waals surface area contributed by atoms with Gasteiger partial charge in [0, 0.05) is 36.9 Å². The number of nitrogens with zero attached hydrogens (tertiary/aromatic N) is 7. The van der Waals surface area contributed by atoms with Crippen LogP contribution in [0.2, 0.25) is 0 Å². The molecule has 0 atom stereocenters. The molecule has 4 rings (SSSR count). The summed E-state index contributed by atoms with van der Waals surface area (Å²) in [5.74, 6) is 2.37. The van der Waals surface area contributed by atoms with Crippen LogP contribution in [0.25, 0.3) is 22.3 Å². The van der Waals surface area contributed by atoms with Crippen molar-refractivity contribution in [1.82, 2.24) is 29.7 Å². The van der Waals surface area contributed by atoms with E-state index in [1.54, 1.807) is 25.8 Å². The van der Waals surface area contributed by atoms with Crippen LogP contribution in [0.1, 0.15) is 26.3 Å². The monoisotopic (exact) mass is 432 g/mol. The summed E-state index contributed by atoms with van der Waals surface area (Å²) in [4.78, 5) is 15.8. The Hall–Kier alpha value is -3.75. The molecule has 2 N–H and O–H groups in total. The zero-order valence-electron chi connectivity index (χ0n) is 19.3. The van der Waals surface area contributed by atoms with E-state index in [1.165, 1.54) is 0 Å². The van der Waals surface area contributed by atoms with Crippen LogP contribution < -0.4 is 15.4 Å². The van der Waals surface area contributed by atoms with E-state index in [0.29, 0.717) is 29.6 Å². The Kier molecular flexibility index (Phi) is 5.41. The van der Waals surface area contributed by atoms with Gasteiger partial charge in [-0.05, 0) is 36.1 Å². The molecule has 3 heterocycles. The molecule has 166 valence electrons. The Morgan fingerprint density at radius 2 is 1.94 bits per heavy atom. The summed E-state index contributed by atoms with van der Waals surface area (Å²) in [7, 11) is 3.56. The Bertz CT molecular complexity index is 1270. The van der Waals surface area contributed by atoms with Crippen LogP contribution in [0.15, 0.2) is 36.9 Å². The van der Waals surface area contributed by atoms with Gasteiger partial charge in [0.05, 0.1) is 12.8 Å². The third-order valence-corrected chi connectivity index (χ3v) is 5.15. The number of fused-ring (bicyclic) bond motifs is 1. The van der Waals surface area contributed by atoms with E-state index in [0.717, 1.165) is 28.0 Å². The molecule has 0 spiro atoms. The molecule has 4 aromatic rings. The number of rotatable bonds is 5. The van der Waals surface area contributed by atoms with Crippen LogP contribution in [0.3, 0.4) is 0 Å². The van der Waals surface area contributed by atoms with Gasteiger partial charge in [0.25, 0.3) is 0 Å². The van der Waals surface area contributed by atoms with E-state index in [4.69, 9.17) is 15.5 Å². The minimum Gasteiger partial charge on any atom is -0.495 e. The second-order valence-corrected chi connectivity index (χ2v) is 9.06. The Morgan fingerprint density at radius 1 is 1.16 bits per heavy atom. The number of ether oxygens (including phenoxy) is 1. The number of anilines is 3. The lowest BCUT2D eigenvalue weighted by atomic mass is 9.95. The van der Waals surface area contributed by atoms with Crippen LogP contribution >= 0.6 is 0 Å². The summed E-state index contributed by atoms with van der Waals surface area (Å²) in [6.07, 6.45) is 5.22. The standard InChI is InChI=1S/C23H28N8O/c1-14-10-25-20(24)19-16(14)11-26-22(28-19)31(12-23(2,3)4)17-8-7-15(9-18(17)32-6)21-29-27-13-30(21)5/h7-11,13H,12H2,1-6H3,(H2,24,25). The summed E-state index contributed by atoms with van der Waals surface area (Å²) < 4.78 is 7.65. The van der Waals surface area contributed by atoms with Gasteiger partial charge in [0.1, 0.15) is 23.4 Å². The highest BCUT2D eigenvalue weighted by Gasteiger charge is 2.24. The smallest absolute Gasteiger partial charge is 0.230 e. The molecule has 0 saturated carbocycles. The van der Waals surface area contributed by atoms with E-state index >= 15 is 0 Å². The third kappa shape index (κ3) is 4.05. The fourth-order valence-corrected chi connectivity index (χ4v) is 3.61. The maximum Gasteiger partial charge on any atom is 0.230 e. The molecule has 0 fully saturated rings. The minimum atomic E-state index is -0.0397.